The Morgan fingerprint density at radius 1 is 1.17 bits per heavy atom. The number of aromatic nitrogens is 2. The number of nitrogens with one attached hydrogen (secondary N) is 3. The summed E-state index contributed by atoms with van der Waals surface area (Å²) in [7, 11) is 5.90. The van der Waals surface area contributed by atoms with Gasteiger partial charge in [-0.3, -0.25) is 0 Å². The molecule has 0 aliphatic heterocycles. The minimum atomic E-state index is 0.430. The van der Waals surface area contributed by atoms with Crippen LogP contribution in [0, 0.1) is 12.3 Å². The first-order chi connectivity index (χ1) is 16.9. The Labute approximate surface area is 211 Å². The van der Waals surface area contributed by atoms with Gasteiger partial charge < -0.3 is 25.7 Å². The van der Waals surface area contributed by atoms with E-state index in [2.05, 4.69) is 39.6 Å². The summed E-state index contributed by atoms with van der Waals surface area (Å²) in [6.07, 6.45) is 3.23. The first kappa shape index (κ1) is 24.7. The molecule has 1 aromatic heterocycles. The van der Waals surface area contributed by atoms with Crippen molar-refractivity contribution >= 4 is 40.2 Å². The molecule has 0 spiro atoms. The predicted octanol–water partition coefficient (Wildman–Crippen LogP) is 5.18. The molecule has 7 nitrogen and oxygen atoms in total. The molecule has 1 aliphatic rings. The van der Waals surface area contributed by atoms with Crippen molar-refractivity contribution in [3.63, 3.8) is 0 Å². The average Bonchev–Trinajstić information content (AvgIpc) is 2.83. The third kappa shape index (κ3) is 5.63. The fourth-order valence-electron chi connectivity index (χ4n) is 4.06. The van der Waals surface area contributed by atoms with Crippen molar-refractivity contribution in [3.8, 4) is 5.75 Å². The quantitative estimate of drug-likeness (QED) is 0.403. The molecule has 0 saturated heterocycles. The van der Waals surface area contributed by atoms with E-state index in [-0.39, 0.29) is 0 Å². The van der Waals surface area contributed by atoms with Crippen LogP contribution in [0.4, 0.5) is 11.6 Å². The number of rotatable bonds is 8. The van der Waals surface area contributed by atoms with Crippen molar-refractivity contribution in [1.29, 1.82) is 5.41 Å². The minimum absolute atomic E-state index is 0.430. The van der Waals surface area contributed by atoms with E-state index in [4.69, 9.17) is 26.7 Å². The number of hydrogen-bond donors (Lipinski definition) is 3. The van der Waals surface area contributed by atoms with Crippen molar-refractivity contribution in [2.75, 3.05) is 39.6 Å². The summed E-state index contributed by atoms with van der Waals surface area (Å²) in [5, 5.41) is 15.8. The highest BCUT2D eigenvalue weighted by molar-refractivity contribution is 6.33. The van der Waals surface area contributed by atoms with Crippen LogP contribution in [-0.2, 0) is 6.42 Å². The van der Waals surface area contributed by atoms with Crippen LogP contribution >= 0.6 is 11.6 Å². The second-order valence-electron chi connectivity index (χ2n) is 8.78. The van der Waals surface area contributed by atoms with Gasteiger partial charge in [0.2, 0.25) is 5.95 Å². The molecule has 0 amide bonds. The third-order valence-electron chi connectivity index (χ3n) is 5.96. The molecule has 3 aromatic rings. The summed E-state index contributed by atoms with van der Waals surface area (Å²) in [4.78, 5) is 11.4. The molecule has 1 aliphatic carbocycles. The number of likely N-dealkylation sites (N-methyl/N-ethyl adjacent to an activating group) is 1. The second kappa shape index (κ2) is 10.9. The van der Waals surface area contributed by atoms with Crippen molar-refractivity contribution in [1.82, 2.24) is 20.2 Å². The second-order valence-corrected chi connectivity index (χ2v) is 9.19. The van der Waals surface area contributed by atoms with Gasteiger partial charge in [0.15, 0.2) is 0 Å². The molecular formula is C27H31ClN6O. The molecule has 0 radical (unpaired) electrons. The first-order valence-corrected chi connectivity index (χ1v) is 12.0. The number of ether oxygens (including phenoxy) is 1. The molecule has 0 saturated carbocycles. The van der Waals surface area contributed by atoms with Crippen LogP contribution in [0.5, 0.6) is 5.75 Å². The smallest absolute Gasteiger partial charge is 0.227 e. The molecule has 0 fully saturated rings. The van der Waals surface area contributed by atoms with Crippen LogP contribution < -0.4 is 15.4 Å². The fourth-order valence-corrected chi connectivity index (χ4v) is 4.28. The summed E-state index contributed by atoms with van der Waals surface area (Å²) in [6, 6.07) is 13.7. The lowest BCUT2D eigenvalue weighted by Crippen LogP contribution is -2.20. The zero-order valence-electron chi connectivity index (χ0n) is 20.6. The Balaban J connectivity index is 1.66. The van der Waals surface area contributed by atoms with Gasteiger partial charge >= 0.3 is 0 Å². The molecule has 35 heavy (non-hydrogen) atoms. The van der Waals surface area contributed by atoms with E-state index >= 15 is 0 Å². The maximum atomic E-state index is 8.74. The summed E-state index contributed by atoms with van der Waals surface area (Å²) < 4.78 is 5.77. The Kier molecular flexibility index (Phi) is 7.68. The number of anilines is 2. The standard InChI is InChI=1S/C27H31ClN6O/c1-17-7-5-6-8-20(17)26(30-2)24-22(29)11-9-18-16-31-27(33-25(18)24)32-23-12-10-19(15-21(23)28)35-14-13-34(3)4/h5-8,10,12,15-16,29-30H,9,11,13-14H2,1-4H3,(H,31,32,33)/b26-24+,29-22?. The highest BCUT2D eigenvalue weighted by Crippen LogP contribution is 2.34. The lowest BCUT2D eigenvalue weighted by molar-refractivity contribution is 0.261. The molecule has 4 rings (SSSR count). The van der Waals surface area contributed by atoms with Gasteiger partial charge in [-0.2, -0.15) is 0 Å². The number of halogens is 1. The maximum absolute atomic E-state index is 8.74. The van der Waals surface area contributed by atoms with Gasteiger partial charge in [0, 0.05) is 42.7 Å². The molecule has 3 N–H and O–H groups in total. The van der Waals surface area contributed by atoms with Crippen LogP contribution in [0.25, 0.3) is 11.3 Å². The molecule has 2 aromatic carbocycles. The van der Waals surface area contributed by atoms with Crippen molar-refractivity contribution in [3.05, 3.63) is 76.1 Å². The summed E-state index contributed by atoms with van der Waals surface area (Å²) in [5.41, 5.74) is 6.95. The molecule has 0 atom stereocenters. The molecule has 0 bridgehead atoms. The van der Waals surface area contributed by atoms with Crippen molar-refractivity contribution in [2.45, 2.75) is 19.8 Å². The van der Waals surface area contributed by atoms with Crippen LogP contribution in [0.3, 0.4) is 0 Å². The first-order valence-electron chi connectivity index (χ1n) is 11.6. The van der Waals surface area contributed by atoms with E-state index < -0.39 is 0 Å². The number of allylic oxidation sites excluding steroid dienone is 1. The lowest BCUT2D eigenvalue weighted by atomic mass is 9.87. The zero-order valence-corrected chi connectivity index (χ0v) is 21.3. The zero-order chi connectivity index (χ0) is 24.9. The predicted molar refractivity (Wildman–Crippen MR) is 144 cm³/mol. The van der Waals surface area contributed by atoms with Gasteiger partial charge in [-0.15, -0.1) is 0 Å². The van der Waals surface area contributed by atoms with Crippen LogP contribution in [0.2, 0.25) is 5.02 Å². The topological polar surface area (TPSA) is 86.2 Å². The monoisotopic (exact) mass is 490 g/mol. The summed E-state index contributed by atoms with van der Waals surface area (Å²) in [5.74, 6) is 1.14. The van der Waals surface area contributed by atoms with Gasteiger partial charge in [0.05, 0.1) is 22.1 Å². The Hall–Kier alpha value is -3.42. The molecular weight excluding hydrogens is 460 g/mol. The van der Waals surface area contributed by atoms with E-state index in [0.29, 0.717) is 41.1 Å². The van der Waals surface area contributed by atoms with E-state index in [0.717, 1.165) is 46.6 Å². The number of hydrogen-bond acceptors (Lipinski definition) is 7. The molecule has 182 valence electrons. The van der Waals surface area contributed by atoms with Gasteiger partial charge in [0.25, 0.3) is 0 Å². The number of fused-ring (bicyclic) bond motifs is 1. The van der Waals surface area contributed by atoms with Crippen LogP contribution in [0.1, 0.15) is 28.8 Å². The highest BCUT2D eigenvalue weighted by Gasteiger charge is 2.26. The number of benzene rings is 2. The maximum Gasteiger partial charge on any atom is 0.227 e. The van der Waals surface area contributed by atoms with E-state index in [1.165, 1.54) is 0 Å². The lowest BCUT2D eigenvalue weighted by Gasteiger charge is -2.24. The van der Waals surface area contributed by atoms with E-state index in [9.17, 15) is 0 Å². The SMILES string of the molecule is CN/C(=C1\C(=N)CCc2cnc(Nc3ccc(OCCN(C)C)cc3Cl)nc21)c1ccccc1C. The van der Waals surface area contributed by atoms with Gasteiger partial charge in [-0.25, -0.2) is 9.97 Å². The van der Waals surface area contributed by atoms with Crippen LogP contribution in [0.15, 0.2) is 48.7 Å². The number of nitrogens with zero attached hydrogens (tertiary/aromatic N) is 3. The Morgan fingerprint density at radius 3 is 2.69 bits per heavy atom. The normalized spacial score (nSPS) is 14.5. The largest absolute Gasteiger partial charge is 0.492 e. The summed E-state index contributed by atoms with van der Waals surface area (Å²) in [6.45, 7) is 3.48. The fraction of sp³-hybridized carbons (Fsp3) is 0.296. The highest BCUT2D eigenvalue weighted by atomic mass is 35.5. The average molecular weight is 491 g/mol. The Morgan fingerprint density at radius 2 is 1.97 bits per heavy atom. The Bertz CT molecular complexity index is 1270. The van der Waals surface area contributed by atoms with E-state index in [1.54, 1.807) is 6.07 Å². The van der Waals surface area contributed by atoms with Gasteiger partial charge in [-0.1, -0.05) is 35.9 Å². The van der Waals surface area contributed by atoms with Crippen molar-refractivity contribution in [2.24, 2.45) is 0 Å². The summed E-state index contributed by atoms with van der Waals surface area (Å²) >= 11 is 6.52. The minimum Gasteiger partial charge on any atom is -0.492 e. The molecule has 8 heteroatoms. The molecule has 0 unspecified atom stereocenters. The molecule has 1 heterocycles. The third-order valence-corrected chi connectivity index (χ3v) is 6.27. The van der Waals surface area contributed by atoms with Crippen LogP contribution in [-0.4, -0.2) is 54.9 Å². The number of aryl methyl sites for hydroxylation is 2. The van der Waals surface area contributed by atoms with E-state index in [1.807, 2.05) is 51.6 Å². The van der Waals surface area contributed by atoms with Crippen molar-refractivity contribution < 1.29 is 4.74 Å². The van der Waals surface area contributed by atoms with Gasteiger partial charge in [0.1, 0.15) is 12.4 Å². The van der Waals surface area contributed by atoms with Gasteiger partial charge in [-0.05, 0) is 57.1 Å².